The number of nitrogens with zero attached hydrogens (tertiary/aromatic N) is 3. The van der Waals surface area contributed by atoms with Crippen molar-refractivity contribution >= 4 is 16.9 Å². The SMILES string of the molecule is O=c1cc(N2CCOCC2)nc(Cc2nc3cc(F)c(F)c(F)c3[nH]2)[nH]1. The number of anilines is 1. The van der Waals surface area contributed by atoms with E-state index in [0.717, 1.165) is 6.07 Å². The first-order chi connectivity index (χ1) is 12.5. The summed E-state index contributed by atoms with van der Waals surface area (Å²) >= 11 is 0. The Balaban J connectivity index is 1.67. The van der Waals surface area contributed by atoms with E-state index in [1.807, 2.05) is 4.90 Å². The van der Waals surface area contributed by atoms with Crippen LogP contribution >= 0.6 is 0 Å². The molecule has 136 valence electrons. The van der Waals surface area contributed by atoms with Gasteiger partial charge in [-0.2, -0.15) is 0 Å². The zero-order valence-corrected chi connectivity index (χ0v) is 13.5. The summed E-state index contributed by atoms with van der Waals surface area (Å²) in [5, 5.41) is 0. The molecular formula is C16H14F3N5O2. The van der Waals surface area contributed by atoms with Crippen molar-refractivity contribution in [1.29, 1.82) is 0 Å². The van der Waals surface area contributed by atoms with Crippen LogP contribution in [-0.4, -0.2) is 46.2 Å². The highest BCUT2D eigenvalue weighted by Crippen LogP contribution is 2.22. The van der Waals surface area contributed by atoms with Crippen molar-refractivity contribution in [2.24, 2.45) is 0 Å². The number of rotatable bonds is 3. The topological polar surface area (TPSA) is 86.9 Å². The van der Waals surface area contributed by atoms with Gasteiger partial charge in [0.2, 0.25) is 0 Å². The number of nitrogens with one attached hydrogen (secondary N) is 2. The summed E-state index contributed by atoms with van der Waals surface area (Å²) in [6.45, 7) is 2.32. The Kier molecular flexibility index (Phi) is 4.11. The van der Waals surface area contributed by atoms with Gasteiger partial charge in [0.25, 0.3) is 5.56 Å². The third kappa shape index (κ3) is 3.03. The molecule has 0 unspecified atom stereocenters. The average Bonchev–Trinajstić information content (AvgIpc) is 3.02. The zero-order valence-electron chi connectivity index (χ0n) is 13.5. The van der Waals surface area contributed by atoms with Crippen LogP contribution in [0, 0.1) is 17.5 Å². The molecule has 1 aliphatic rings. The molecular weight excluding hydrogens is 351 g/mol. The molecule has 26 heavy (non-hydrogen) atoms. The number of benzene rings is 1. The van der Waals surface area contributed by atoms with E-state index in [0.29, 0.717) is 37.9 Å². The minimum Gasteiger partial charge on any atom is -0.378 e. The third-order valence-corrected chi connectivity index (χ3v) is 4.11. The van der Waals surface area contributed by atoms with Crippen LogP contribution in [0.3, 0.4) is 0 Å². The van der Waals surface area contributed by atoms with Crippen molar-refractivity contribution in [2.75, 3.05) is 31.2 Å². The molecule has 3 aromatic rings. The minimum absolute atomic E-state index is 0.0388. The fourth-order valence-electron chi connectivity index (χ4n) is 2.88. The van der Waals surface area contributed by atoms with E-state index in [2.05, 4.69) is 19.9 Å². The second kappa shape index (κ2) is 6.45. The Bertz CT molecular complexity index is 1030. The Morgan fingerprint density at radius 3 is 2.54 bits per heavy atom. The Hall–Kier alpha value is -2.88. The summed E-state index contributed by atoms with van der Waals surface area (Å²) < 4.78 is 45.7. The number of aromatic nitrogens is 4. The lowest BCUT2D eigenvalue weighted by molar-refractivity contribution is 0.122. The van der Waals surface area contributed by atoms with Crippen LogP contribution in [0.15, 0.2) is 16.9 Å². The summed E-state index contributed by atoms with van der Waals surface area (Å²) in [7, 11) is 0. The second-order valence-electron chi connectivity index (χ2n) is 5.89. The fourth-order valence-corrected chi connectivity index (χ4v) is 2.88. The number of ether oxygens (including phenoxy) is 1. The van der Waals surface area contributed by atoms with Crippen LogP contribution < -0.4 is 10.5 Å². The molecule has 0 aliphatic carbocycles. The van der Waals surface area contributed by atoms with Gasteiger partial charge in [-0.15, -0.1) is 0 Å². The van der Waals surface area contributed by atoms with Gasteiger partial charge in [-0.1, -0.05) is 0 Å². The number of morpholine rings is 1. The number of imidazole rings is 1. The predicted molar refractivity (Wildman–Crippen MR) is 86.7 cm³/mol. The van der Waals surface area contributed by atoms with Crippen LogP contribution in [-0.2, 0) is 11.2 Å². The van der Waals surface area contributed by atoms with Crippen molar-refractivity contribution in [3.63, 3.8) is 0 Å². The predicted octanol–water partition coefficient (Wildman–Crippen LogP) is 1.49. The normalized spacial score (nSPS) is 15.0. The first kappa shape index (κ1) is 16.6. The van der Waals surface area contributed by atoms with E-state index in [4.69, 9.17) is 4.74 Å². The molecule has 2 aromatic heterocycles. The summed E-state index contributed by atoms with van der Waals surface area (Å²) in [6.07, 6.45) is 0.0464. The van der Waals surface area contributed by atoms with Gasteiger partial charge in [-0.05, 0) is 0 Å². The second-order valence-corrected chi connectivity index (χ2v) is 5.89. The first-order valence-corrected chi connectivity index (χ1v) is 7.96. The lowest BCUT2D eigenvalue weighted by atomic mass is 10.3. The molecule has 0 amide bonds. The number of fused-ring (bicyclic) bond motifs is 1. The minimum atomic E-state index is -1.56. The van der Waals surface area contributed by atoms with Gasteiger partial charge in [-0.25, -0.2) is 23.1 Å². The van der Waals surface area contributed by atoms with Crippen molar-refractivity contribution in [3.8, 4) is 0 Å². The fraction of sp³-hybridized carbons (Fsp3) is 0.312. The quantitative estimate of drug-likeness (QED) is 0.687. The van der Waals surface area contributed by atoms with Gasteiger partial charge in [0.15, 0.2) is 17.5 Å². The van der Waals surface area contributed by atoms with Gasteiger partial charge in [0.1, 0.15) is 23.0 Å². The standard InChI is InChI=1S/C16H14F3N5O2/c17-8-5-9-16(15(19)14(8)18)23-10(20-9)6-11-21-12(7-13(25)22-11)24-1-3-26-4-2-24/h5,7H,1-4,6H2,(H,20,23)(H,21,22,25). The van der Waals surface area contributed by atoms with E-state index in [1.54, 1.807) is 0 Å². The van der Waals surface area contributed by atoms with E-state index in [1.165, 1.54) is 6.07 Å². The van der Waals surface area contributed by atoms with E-state index in [9.17, 15) is 18.0 Å². The number of H-pyrrole nitrogens is 2. The maximum absolute atomic E-state index is 13.8. The molecule has 1 fully saturated rings. The molecule has 1 aliphatic heterocycles. The van der Waals surface area contributed by atoms with Crippen LogP contribution in [0.4, 0.5) is 19.0 Å². The van der Waals surface area contributed by atoms with Crippen LogP contribution in [0.25, 0.3) is 11.0 Å². The lowest BCUT2D eigenvalue weighted by Crippen LogP contribution is -2.37. The van der Waals surface area contributed by atoms with Crippen LogP contribution in [0.1, 0.15) is 11.6 Å². The van der Waals surface area contributed by atoms with Crippen molar-refractivity contribution in [2.45, 2.75) is 6.42 Å². The summed E-state index contributed by atoms with van der Waals surface area (Å²) in [5.74, 6) is -3.17. The van der Waals surface area contributed by atoms with Crippen molar-refractivity contribution < 1.29 is 17.9 Å². The maximum atomic E-state index is 13.8. The molecule has 3 heterocycles. The molecule has 0 saturated carbocycles. The van der Waals surface area contributed by atoms with Crippen LogP contribution in [0.5, 0.6) is 0 Å². The van der Waals surface area contributed by atoms with Gasteiger partial charge in [-0.3, -0.25) is 4.79 Å². The summed E-state index contributed by atoms with van der Waals surface area (Å²) in [4.78, 5) is 27.5. The average molecular weight is 365 g/mol. The van der Waals surface area contributed by atoms with Gasteiger partial charge >= 0.3 is 0 Å². The molecule has 4 rings (SSSR count). The molecule has 0 radical (unpaired) electrons. The molecule has 1 aromatic carbocycles. The molecule has 1 saturated heterocycles. The molecule has 0 atom stereocenters. The van der Waals surface area contributed by atoms with E-state index < -0.39 is 17.5 Å². The molecule has 0 spiro atoms. The van der Waals surface area contributed by atoms with E-state index >= 15 is 0 Å². The molecule has 2 N–H and O–H groups in total. The van der Waals surface area contributed by atoms with Gasteiger partial charge < -0.3 is 19.6 Å². The summed E-state index contributed by atoms with van der Waals surface area (Å²) in [6, 6.07) is 2.20. The van der Waals surface area contributed by atoms with Crippen molar-refractivity contribution in [1.82, 2.24) is 19.9 Å². The Morgan fingerprint density at radius 1 is 1.04 bits per heavy atom. The maximum Gasteiger partial charge on any atom is 0.252 e. The highest BCUT2D eigenvalue weighted by molar-refractivity contribution is 5.76. The molecule has 7 nitrogen and oxygen atoms in total. The largest absolute Gasteiger partial charge is 0.378 e. The monoisotopic (exact) mass is 365 g/mol. The van der Waals surface area contributed by atoms with Gasteiger partial charge in [0.05, 0.1) is 25.2 Å². The molecule has 0 bridgehead atoms. The lowest BCUT2D eigenvalue weighted by Gasteiger charge is -2.27. The number of hydrogen-bond donors (Lipinski definition) is 2. The first-order valence-electron chi connectivity index (χ1n) is 7.96. The summed E-state index contributed by atoms with van der Waals surface area (Å²) in [5.41, 5.74) is -0.607. The number of aromatic amines is 2. The highest BCUT2D eigenvalue weighted by Gasteiger charge is 2.18. The van der Waals surface area contributed by atoms with Crippen LogP contribution in [0.2, 0.25) is 0 Å². The van der Waals surface area contributed by atoms with E-state index in [-0.39, 0.29) is 28.8 Å². The smallest absolute Gasteiger partial charge is 0.252 e. The highest BCUT2D eigenvalue weighted by atomic mass is 19.2. The molecule has 10 heteroatoms. The van der Waals surface area contributed by atoms with Gasteiger partial charge in [0, 0.05) is 25.2 Å². The number of hydrogen-bond acceptors (Lipinski definition) is 5. The number of halogens is 3. The Morgan fingerprint density at radius 2 is 1.77 bits per heavy atom. The zero-order chi connectivity index (χ0) is 18.3. The van der Waals surface area contributed by atoms with Crippen molar-refractivity contribution in [3.05, 3.63) is 51.6 Å². The Labute approximate surface area is 144 Å². The third-order valence-electron chi connectivity index (χ3n) is 4.11.